The van der Waals surface area contributed by atoms with Gasteiger partial charge in [-0.25, -0.2) is 4.79 Å². The number of nitrogens with one attached hydrogen (secondary N) is 2. The van der Waals surface area contributed by atoms with Gasteiger partial charge in [0.15, 0.2) is 0 Å². The van der Waals surface area contributed by atoms with E-state index in [4.69, 9.17) is 0 Å². The molecule has 1 aliphatic heterocycles. The lowest BCUT2D eigenvalue weighted by molar-refractivity contribution is -0.133. The highest BCUT2D eigenvalue weighted by molar-refractivity contribution is 9.10. The Labute approximate surface area is 130 Å². The Morgan fingerprint density at radius 2 is 2.29 bits per heavy atom. The highest BCUT2D eigenvalue weighted by atomic mass is 79.9. The molecule has 116 valence electrons. The van der Waals surface area contributed by atoms with Crippen molar-refractivity contribution in [1.82, 2.24) is 19.8 Å². The summed E-state index contributed by atoms with van der Waals surface area (Å²) in [4.78, 5) is 39.2. The molecule has 0 aromatic carbocycles. The van der Waals surface area contributed by atoms with Crippen molar-refractivity contribution in [1.29, 1.82) is 0 Å². The minimum Gasteiger partial charge on any atom is -0.341 e. The molecule has 21 heavy (non-hydrogen) atoms. The van der Waals surface area contributed by atoms with Gasteiger partial charge in [-0.2, -0.15) is 0 Å². The van der Waals surface area contributed by atoms with Crippen LogP contribution in [0.3, 0.4) is 0 Å². The number of halogens is 1. The fourth-order valence-electron chi connectivity index (χ4n) is 2.59. The summed E-state index contributed by atoms with van der Waals surface area (Å²) >= 11 is 3.06. The number of carbonyl (C=O) groups excluding carboxylic acids is 1. The van der Waals surface area contributed by atoms with Gasteiger partial charge >= 0.3 is 5.69 Å². The summed E-state index contributed by atoms with van der Waals surface area (Å²) in [5.41, 5.74) is -1.06. The summed E-state index contributed by atoms with van der Waals surface area (Å²) < 4.78 is 1.46. The first-order valence-corrected chi connectivity index (χ1v) is 7.72. The Bertz CT molecular complexity index is 623. The molecule has 2 heterocycles. The average Bonchev–Trinajstić information content (AvgIpc) is 2.45. The van der Waals surface area contributed by atoms with Gasteiger partial charge < -0.3 is 10.2 Å². The van der Waals surface area contributed by atoms with Gasteiger partial charge in [-0.15, -0.1) is 0 Å². The minimum absolute atomic E-state index is 0.0551. The molecule has 2 rings (SSSR count). The number of amides is 1. The van der Waals surface area contributed by atoms with Crippen molar-refractivity contribution in [3.63, 3.8) is 0 Å². The zero-order valence-electron chi connectivity index (χ0n) is 11.9. The van der Waals surface area contributed by atoms with E-state index in [-0.39, 0.29) is 16.9 Å². The number of hydrogen-bond acceptors (Lipinski definition) is 4. The summed E-state index contributed by atoms with van der Waals surface area (Å²) in [6.45, 7) is 2.26. The number of hydrogen-bond donors (Lipinski definition) is 2. The fourth-order valence-corrected chi connectivity index (χ4v) is 2.94. The molecule has 1 amide bonds. The van der Waals surface area contributed by atoms with Crippen molar-refractivity contribution >= 4 is 21.8 Å². The van der Waals surface area contributed by atoms with Gasteiger partial charge in [0.2, 0.25) is 5.91 Å². The molecule has 1 aromatic heterocycles. The molecule has 1 saturated heterocycles. The summed E-state index contributed by atoms with van der Waals surface area (Å²) in [6, 6.07) is 0. The fraction of sp³-hybridized carbons (Fsp3) is 0.615. The minimum atomic E-state index is -0.569. The van der Waals surface area contributed by atoms with E-state index in [1.165, 1.54) is 10.8 Å². The van der Waals surface area contributed by atoms with Crippen LogP contribution < -0.4 is 16.6 Å². The summed E-state index contributed by atoms with van der Waals surface area (Å²) in [5, 5.41) is 3.13. The number of likely N-dealkylation sites (tertiary alicyclic amines) is 1. The first kappa shape index (κ1) is 16.0. The lowest BCUT2D eigenvalue weighted by atomic mass is 9.98. The number of nitrogens with zero attached hydrogens (tertiary/aromatic N) is 2. The van der Waals surface area contributed by atoms with E-state index < -0.39 is 11.2 Å². The molecule has 0 bridgehead atoms. The highest BCUT2D eigenvalue weighted by Crippen LogP contribution is 2.16. The third kappa shape index (κ3) is 4.04. The topological polar surface area (TPSA) is 87.2 Å². The van der Waals surface area contributed by atoms with Crippen molar-refractivity contribution in [3.8, 4) is 0 Å². The molecule has 1 unspecified atom stereocenters. The Morgan fingerprint density at radius 1 is 1.52 bits per heavy atom. The van der Waals surface area contributed by atoms with Crippen molar-refractivity contribution < 1.29 is 4.79 Å². The van der Waals surface area contributed by atoms with E-state index in [9.17, 15) is 14.4 Å². The van der Waals surface area contributed by atoms with Gasteiger partial charge in [-0.1, -0.05) is 0 Å². The third-order valence-corrected chi connectivity index (χ3v) is 4.20. The largest absolute Gasteiger partial charge is 0.341 e. The first-order chi connectivity index (χ1) is 10.0. The Morgan fingerprint density at radius 3 is 3.00 bits per heavy atom. The molecular weight excluding hydrogens is 340 g/mol. The molecule has 8 heteroatoms. The molecule has 1 aliphatic rings. The Balaban J connectivity index is 2.06. The van der Waals surface area contributed by atoms with Crippen molar-refractivity contribution in [2.75, 3.05) is 26.7 Å². The molecule has 0 radical (unpaired) electrons. The summed E-state index contributed by atoms with van der Waals surface area (Å²) in [5.74, 6) is 0.351. The van der Waals surface area contributed by atoms with Crippen LogP contribution in [0.15, 0.2) is 20.3 Å². The second-order valence-electron chi connectivity index (χ2n) is 5.27. The molecule has 2 N–H and O–H groups in total. The zero-order chi connectivity index (χ0) is 15.4. The van der Waals surface area contributed by atoms with E-state index in [1.54, 1.807) is 4.90 Å². The smallest absolute Gasteiger partial charge is 0.328 e. The molecule has 1 fully saturated rings. The first-order valence-electron chi connectivity index (χ1n) is 6.93. The van der Waals surface area contributed by atoms with Crippen LogP contribution in [0.5, 0.6) is 0 Å². The molecule has 1 aromatic rings. The second kappa shape index (κ2) is 7.04. The van der Waals surface area contributed by atoms with E-state index in [2.05, 4.69) is 26.2 Å². The quantitative estimate of drug-likeness (QED) is 0.777. The van der Waals surface area contributed by atoms with Crippen molar-refractivity contribution in [2.24, 2.45) is 5.92 Å². The number of aromatic nitrogens is 2. The van der Waals surface area contributed by atoms with Crippen LogP contribution in [0.1, 0.15) is 12.8 Å². The van der Waals surface area contributed by atoms with Crippen LogP contribution in [0, 0.1) is 5.92 Å². The number of aromatic amines is 1. The van der Waals surface area contributed by atoms with E-state index in [0.717, 1.165) is 25.9 Å². The number of H-pyrrole nitrogens is 1. The predicted octanol–water partition coefficient (Wildman–Crippen LogP) is -0.243. The Hall–Kier alpha value is -1.41. The number of piperidine rings is 1. The molecule has 0 spiro atoms. The molecule has 0 aliphatic carbocycles. The monoisotopic (exact) mass is 358 g/mol. The van der Waals surface area contributed by atoms with Crippen LogP contribution in [-0.2, 0) is 11.3 Å². The van der Waals surface area contributed by atoms with E-state index in [0.29, 0.717) is 12.5 Å². The summed E-state index contributed by atoms with van der Waals surface area (Å²) in [6.07, 6.45) is 3.44. The van der Waals surface area contributed by atoms with Gasteiger partial charge in [-0.05, 0) is 48.3 Å². The maximum atomic E-state index is 12.3. The summed E-state index contributed by atoms with van der Waals surface area (Å²) in [7, 11) is 1.90. The van der Waals surface area contributed by atoms with Crippen LogP contribution in [0.25, 0.3) is 0 Å². The number of carbonyl (C=O) groups is 1. The van der Waals surface area contributed by atoms with Gasteiger partial charge in [0.25, 0.3) is 5.56 Å². The normalized spacial score (nSPS) is 18.8. The lowest BCUT2D eigenvalue weighted by Gasteiger charge is -2.32. The van der Waals surface area contributed by atoms with Gasteiger partial charge in [0.1, 0.15) is 6.54 Å². The van der Waals surface area contributed by atoms with Crippen LogP contribution in [0.4, 0.5) is 0 Å². The zero-order valence-corrected chi connectivity index (χ0v) is 13.5. The molecule has 1 atom stereocenters. The predicted molar refractivity (Wildman–Crippen MR) is 82.3 cm³/mol. The molecule has 0 saturated carbocycles. The third-order valence-electron chi connectivity index (χ3n) is 3.64. The maximum absolute atomic E-state index is 12.3. The van der Waals surface area contributed by atoms with E-state index in [1.807, 2.05) is 7.05 Å². The standard InChI is InChI=1S/C13H19BrN4O3/c1-15-5-9-3-2-4-17(6-9)11(19)8-18-7-10(14)12(20)16-13(18)21/h7,9,15H,2-6,8H2,1H3,(H,16,20,21). The highest BCUT2D eigenvalue weighted by Gasteiger charge is 2.23. The average molecular weight is 359 g/mol. The maximum Gasteiger partial charge on any atom is 0.328 e. The number of rotatable bonds is 4. The SMILES string of the molecule is CNCC1CCCN(C(=O)Cn2cc(Br)c(=O)[nH]c2=O)C1. The Kier molecular flexibility index (Phi) is 5.35. The van der Waals surface area contributed by atoms with Gasteiger partial charge in [0, 0.05) is 19.3 Å². The molecular formula is C13H19BrN4O3. The van der Waals surface area contributed by atoms with Crippen molar-refractivity contribution in [2.45, 2.75) is 19.4 Å². The van der Waals surface area contributed by atoms with Crippen molar-refractivity contribution in [3.05, 3.63) is 31.5 Å². The van der Waals surface area contributed by atoms with Gasteiger partial charge in [-0.3, -0.25) is 19.1 Å². The van der Waals surface area contributed by atoms with Crippen LogP contribution in [0.2, 0.25) is 0 Å². The van der Waals surface area contributed by atoms with Crippen LogP contribution >= 0.6 is 15.9 Å². The second-order valence-corrected chi connectivity index (χ2v) is 6.12. The van der Waals surface area contributed by atoms with Crippen LogP contribution in [-0.4, -0.2) is 47.0 Å². The molecule has 7 nitrogen and oxygen atoms in total. The lowest BCUT2D eigenvalue weighted by Crippen LogP contribution is -2.45. The van der Waals surface area contributed by atoms with Gasteiger partial charge in [0.05, 0.1) is 4.47 Å². The van der Waals surface area contributed by atoms with E-state index >= 15 is 0 Å².